The fourth-order valence-corrected chi connectivity index (χ4v) is 0.507. The van der Waals surface area contributed by atoms with Crippen molar-refractivity contribution in [1.29, 1.82) is 0 Å². The summed E-state index contributed by atoms with van der Waals surface area (Å²) in [6.45, 7) is 4.40. The first-order chi connectivity index (χ1) is 4.88. The molecule has 3 heteroatoms. The third-order valence-corrected chi connectivity index (χ3v) is 1.35. The highest BCUT2D eigenvalue weighted by molar-refractivity contribution is 5.22. The Balaban J connectivity index is 4.48. The maximum absolute atomic E-state index is 11.9. The average Bonchev–Trinajstić information content (AvgIpc) is 1.85. The second-order valence-electron chi connectivity index (χ2n) is 2.36. The van der Waals surface area contributed by atoms with Gasteiger partial charge in [-0.2, -0.15) is 13.2 Å². The Kier molecular flexibility index (Phi) is 3.36. The van der Waals surface area contributed by atoms with Crippen LogP contribution in [0.4, 0.5) is 13.2 Å². The highest BCUT2D eigenvalue weighted by Crippen LogP contribution is 2.25. The first-order valence-electron chi connectivity index (χ1n) is 3.26. The van der Waals surface area contributed by atoms with E-state index >= 15 is 0 Å². The van der Waals surface area contributed by atoms with Gasteiger partial charge in [0.15, 0.2) is 0 Å². The van der Waals surface area contributed by atoms with Crippen LogP contribution in [0.2, 0.25) is 0 Å². The SMILES string of the molecule is C/C=C(C)\C=C(/C)C(F)(F)F. The van der Waals surface area contributed by atoms with Gasteiger partial charge in [-0.25, -0.2) is 0 Å². The van der Waals surface area contributed by atoms with Crippen molar-refractivity contribution in [2.75, 3.05) is 0 Å². The number of allylic oxidation sites excluding steroid dienone is 4. The van der Waals surface area contributed by atoms with E-state index in [0.29, 0.717) is 5.57 Å². The molecule has 0 aromatic carbocycles. The molecule has 0 saturated heterocycles. The quantitative estimate of drug-likeness (QED) is 0.520. The molecule has 0 amide bonds. The van der Waals surface area contributed by atoms with Crippen LogP contribution in [0.5, 0.6) is 0 Å². The number of hydrogen-bond donors (Lipinski definition) is 0. The van der Waals surface area contributed by atoms with Crippen LogP contribution in [-0.4, -0.2) is 6.18 Å². The summed E-state index contributed by atoms with van der Waals surface area (Å²) in [5, 5.41) is 0. The molecule has 0 bridgehead atoms. The van der Waals surface area contributed by atoms with Crippen LogP contribution >= 0.6 is 0 Å². The van der Waals surface area contributed by atoms with E-state index in [1.807, 2.05) is 0 Å². The number of hydrogen-bond acceptors (Lipinski definition) is 0. The average molecular weight is 164 g/mol. The molecule has 11 heavy (non-hydrogen) atoms. The van der Waals surface area contributed by atoms with Crippen molar-refractivity contribution in [2.24, 2.45) is 0 Å². The van der Waals surface area contributed by atoms with E-state index in [-0.39, 0.29) is 0 Å². The fourth-order valence-electron chi connectivity index (χ4n) is 0.507. The van der Waals surface area contributed by atoms with Gasteiger partial charge < -0.3 is 0 Å². The lowest BCUT2D eigenvalue weighted by Gasteiger charge is -2.05. The van der Waals surface area contributed by atoms with Crippen molar-refractivity contribution in [3.05, 3.63) is 23.3 Å². The number of halogens is 3. The van der Waals surface area contributed by atoms with Gasteiger partial charge in [0.25, 0.3) is 0 Å². The van der Waals surface area contributed by atoms with Crippen molar-refractivity contribution in [1.82, 2.24) is 0 Å². The summed E-state index contributed by atoms with van der Waals surface area (Å²) in [4.78, 5) is 0. The molecule has 0 fully saturated rings. The van der Waals surface area contributed by atoms with E-state index in [9.17, 15) is 13.2 Å². The van der Waals surface area contributed by atoms with Gasteiger partial charge in [-0.3, -0.25) is 0 Å². The van der Waals surface area contributed by atoms with Crippen molar-refractivity contribution >= 4 is 0 Å². The molecule has 0 spiro atoms. The molecule has 0 aromatic heterocycles. The molecule has 0 N–H and O–H groups in total. The lowest BCUT2D eigenvalue weighted by Crippen LogP contribution is -2.08. The van der Waals surface area contributed by atoms with Gasteiger partial charge in [-0.1, -0.05) is 17.7 Å². The lowest BCUT2D eigenvalue weighted by atomic mass is 10.2. The zero-order valence-electron chi connectivity index (χ0n) is 6.79. The van der Waals surface area contributed by atoms with E-state index in [1.165, 1.54) is 0 Å². The maximum Gasteiger partial charge on any atom is 0.412 e. The predicted molar refractivity (Wildman–Crippen MR) is 39.2 cm³/mol. The lowest BCUT2D eigenvalue weighted by molar-refractivity contribution is -0.0913. The van der Waals surface area contributed by atoms with Gasteiger partial charge in [-0.05, 0) is 20.8 Å². The molecule has 64 valence electrons. The molecule has 0 heterocycles. The molecule has 0 atom stereocenters. The molecule has 0 aliphatic heterocycles. The molecule has 0 nitrogen and oxygen atoms in total. The Morgan fingerprint density at radius 1 is 1.18 bits per heavy atom. The highest BCUT2D eigenvalue weighted by atomic mass is 19.4. The summed E-state index contributed by atoms with van der Waals surface area (Å²) < 4.78 is 35.6. The van der Waals surface area contributed by atoms with Gasteiger partial charge in [0.1, 0.15) is 0 Å². The van der Waals surface area contributed by atoms with Gasteiger partial charge in [0.05, 0.1) is 0 Å². The topological polar surface area (TPSA) is 0 Å². The Morgan fingerprint density at radius 3 is 1.91 bits per heavy atom. The van der Waals surface area contributed by atoms with Crippen molar-refractivity contribution in [3.63, 3.8) is 0 Å². The third-order valence-electron chi connectivity index (χ3n) is 1.35. The second-order valence-corrected chi connectivity index (χ2v) is 2.36. The minimum atomic E-state index is -4.19. The Morgan fingerprint density at radius 2 is 1.64 bits per heavy atom. The van der Waals surface area contributed by atoms with E-state index in [2.05, 4.69) is 0 Å². The summed E-state index contributed by atoms with van der Waals surface area (Å²) in [5.41, 5.74) is 0.0629. The Bertz CT molecular complexity index is 184. The van der Waals surface area contributed by atoms with Crippen LogP contribution in [-0.2, 0) is 0 Å². The summed E-state index contributed by atoms with van der Waals surface area (Å²) in [7, 11) is 0. The molecule has 0 radical (unpaired) electrons. The summed E-state index contributed by atoms with van der Waals surface area (Å²) >= 11 is 0. The van der Waals surface area contributed by atoms with Crippen LogP contribution in [0.15, 0.2) is 23.3 Å². The van der Waals surface area contributed by atoms with Crippen LogP contribution in [0.25, 0.3) is 0 Å². The van der Waals surface area contributed by atoms with E-state index in [1.54, 1.807) is 19.9 Å². The molecule has 0 rings (SSSR count). The Hall–Kier alpha value is -0.730. The van der Waals surface area contributed by atoms with Crippen LogP contribution in [0, 0.1) is 0 Å². The van der Waals surface area contributed by atoms with Crippen LogP contribution in [0.3, 0.4) is 0 Å². The fraction of sp³-hybridized carbons (Fsp3) is 0.500. The first kappa shape index (κ1) is 10.3. The van der Waals surface area contributed by atoms with E-state index in [0.717, 1.165) is 13.0 Å². The summed E-state index contributed by atoms with van der Waals surface area (Å²) in [6, 6.07) is 0. The van der Waals surface area contributed by atoms with Crippen molar-refractivity contribution in [2.45, 2.75) is 26.9 Å². The normalized spacial score (nSPS) is 15.5. The van der Waals surface area contributed by atoms with Crippen molar-refractivity contribution < 1.29 is 13.2 Å². The molecular formula is C8H11F3. The van der Waals surface area contributed by atoms with Gasteiger partial charge >= 0.3 is 6.18 Å². The molecule has 0 aromatic rings. The molecule has 0 aliphatic carbocycles. The minimum absolute atomic E-state index is 0.562. The standard InChI is InChI=1S/C8H11F3/c1-4-6(2)5-7(3)8(9,10)11/h4-5H,1-3H3/b6-4-,7-5+. The molecule has 0 unspecified atom stereocenters. The number of rotatable bonds is 1. The highest BCUT2D eigenvalue weighted by Gasteiger charge is 2.29. The molecule has 0 saturated carbocycles. The Labute approximate surface area is 64.4 Å². The summed E-state index contributed by atoms with van der Waals surface area (Å²) in [6.07, 6.45) is -1.43. The monoisotopic (exact) mass is 164 g/mol. The molecular weight excluding hydrogens is 153 g/mol. The van der Waals surface area contributed by atoms with E-state index < -0.39 is 11.7 Å². The van der Waals surface area contributed by atoms with Gasteiger partial charge in [0.2, 0.25) is 0 Å². The van der Waals surface area contributed by atoms with Gasteiger partial charge in [-0.15, -0.1) is 0 Å². The zero-order valence-corrected chi connectivity index (χ0v) is 6.79. The van der Waals surface area contributed by atoms with Crippen molar-refractivity contribution in [3.8, 4) is 0 Å². The second kappa shape index (κ2) is 3.60. The van der Waals surface area contributed by atoms with Crippen LogP contribution < -0.4 is 0 Å². The first-order valence-corrected chi connectivity index (χ1v) is 3.26. The summed E-state index contributed by atoms with van der Waals surface area (Å²) in [5.74, 6) is 0. The van der Waals surface area contributed by atoms with Gasteiger partial charge in [0, 0.05) is 5.57 Å². The predicted octanol–water partition coefficient (Wildman–Crippen LogP) is 3.46. The smallest absolute Gasteiger partial charge is 0.166 e. The number of alkyl halides is 3. The third kappa shape index (κ3) is 3.86. The maximum atomic E-state index is 11.9. The molecule has 0 aliphatic rings. The largest absolute Gasteiger partial charge is 0.412 e. The van der Waals surface area contributed by atoms with Crippen LogP contribution in [0.1, 0.15) is 20.8 Å². The van der Waals surface area contributed by atoms with E-state index in [4.69, 9.17) is 0 Å². The minimum Gasteiger partial charge on any atom is -0.166 e. The zero-order chi connectivity index (χ0) is 9.07.